The summed E-state index contributed by atoms with van der Waals surface area (Å²) in [6.45, 7) is 0. The van der Waals surface area contributed by atoms with Gasteiger partial charge in [-0.2, -0.15) is 10.5 Å². The van der Waals surface area contributed by atoms with Gasteiger partial charge in [-0.05, 0) is 22.4 Å². The van der Waals surface area contributed by atoms with E-state index < -0.39 is 5.92 Å². The van der Waals surface area contributed by atoms with Crippen molar-refractivity contribution in [2.24, 2.45) is 5.73 Å². The van der Waals surface area contributed by atoms with E-state index in [2.05, 4.69) is 17.1 Å². The minimum absolute atomic E-state index is 0.0229. The van der Waals surface area contributed by atoms with Crippen LogP contribution in [-0.2, 0) is 4.74 Å². The zero-order valence-electron chi connectivity index (χ0n) is 15.9. The molecule has 5 nitrogen and oxygen atoms in total. The Bertz CT molecular complexity index is 1450. The predicted octanol–water partition coefficient (Wildman–Crippen LogP) is 5.06. The zero-order chi connectivity index (χ0) is 20.7. The van der Waals surface area contributed by atoms with Crippen LogP contribution in [0.2, 0.25) is 0 Å². The van der Waals surface area contributed by atoms with Crippen LogP contribution >= 0.6 is 0 Å². The van der Waals surface area contributed by atoms with Crippen molar-refractivity contribution in [1.29, 1.82) is 10.5 Å². The molecule has 0 radical (unpaired) electrons. The van der Waals surface area contributed by atoms with Crippen molar-refractivity contribution in [1.82, 2.24) is 4.98 Å². The van der Waals surface area contributed by atoms with Gasteiger partial charge in [-0.3, -0.25) is 0 Å². The number of allylic oxidation sites excluding steroid dienone is 2. The summed E-state index contributed by atoms with van der Waals surface area (Å²) in [4.78, 5) is 3.21. The van der Waals surface area contributed by atoms with Gasteiger partial charge in [0.25, 0.3) is 0 Å². The summed E-state index contributed by atoms with van der Waals surface area (Å²) in [6, 6.07) is 26.0. The lowest BCUT2D eigenvalue weighted by Gasteiger charge is -2.26. The topological polar surface area (TPSA) is 98.6 Å². The van der Waals surface area contributed by atoms with E-state index >= 15 is 0 Å². The van der Waals surface area contributed by atoms with Crippen molar-refractivity contribution in [2.75, 3.05) is 0 Å². The van der Waals surface area contributed by atoms with E-state index in [-0.39, 0.29) is 11.5 Å². The van der Waals surface area contributed by atoms with E-state index in [9.17, 15) is 10.5 Å². The minimum Gasteiger partial charge on any atom is -0.439 e. The summed E-state index contributed by atoms with van der Waals surface area (Å²) in [5.74, 6) is -0.206. The lowest BCUT2D eigenvalue weighted by Crippen LogP contribution is -2.20. The van der Waals surface area contributed by atoms with Crippen molar-refractivity contribution in [3.63, 3.8) is 0 Å². The largest absolute Gasteiger partial charge is 0.439 e. The molecule has 0 saturated heterocycles. The third kappa shape index (κ3) is 2.54. The molecule has 1 atom stereocenters. The first kappa shape index (κ1) is 17.6. The van der Waals surface area contributed by atoms with Crippen molar-refractivity contribution < 1.29 is 4.74 Å². The number of benzene rings is 3. The van der Waals surface area contributed by atoms with Gasteiger partial charge < -0.3 is 15.5 Å². The molecular formula is C25H16N4O. The normalized spacial score (nSPS) is 16.4. The van der Waals surface area contributed by atoms with Crippen LogP contribution < -0.4 is 5.73 Å². The first-order valence-electron chi connectivity index (χ1n) is 9.49. The highest BCUT2D eigenvalue weighted by atomic mass is 16.5. The first-order chi connectivity index (χ1) is 14.7. The fourth-order valence-corrected chi connectivity index (χ4v) is 4.15. The fourth-order valence-electron chi connectivity index (χ4n) is 4.15. The minimum atomic E-state index is -0.608. The van der Waals surface area contributed by atoms with Crippen molar-refractivity contribution in [2.45, 2.75) is 5.92 Å². The molecule has 0 aliphatic carbocycles. The smallest absolute Gasteiger partial charge is 0.205 e. The number of para-hydroxylation sites is 1. The average Bonchev–Trinajstić information content (AvgIpc) is 3.22. The molecule has 1 aromatic heterocycles. The summed E-state index contributed by atoms with van der Waals surface area (Å²) in [6.07, 6.45) is 1.81. The number of ether oxygens (including phenoxy) is 1. The lowest BCUT2D eigenvalue weighted by molar-refractivity contribution is 0.358. The Labute approximate surface area is 172 Å². The van der Waals surface area contributed by atoms with E-state index in [1.165, 1.54) is 0 Å². The summed E-state index contributed by atoms with van der Waals surface area (Å²) in [5.41, 5.74) is 9.33. The molecular weight excluding hydrogens is 372 g/mol. The first-order valence-corrected chi connectivity index (χ1v) is 9.49. The fraction of sp³-hybridized carbons (Fsp3) is 0.0400. The van der Waals surface area contributed by atoms with E-state index in [1.807, 2.05) is 72.9 Å². The zero-order valence-corrected chi connectivity index (χ0v) is 15.9. The van der Waals surface area contributed by atoms with Gasteiger partial charge >= 0.3 is 0 Å². The van der Waals surface area contributed by atoms with Crippen LogP contribution in [0.5, 0.6) is 0 Å². The Hall–Kier alpha value is -4.48. The number of rotatable bonds is 2. The standard InChI is InChI=1S/C25H16N4O/c26-12-19-23(18-10-5-7-15-6-1-2-8-16(15)18)20(13-27)25(28)30-24(19)21-14-29-22-11-4-3-9-17(21)22/h1-11,14,23,29H,28H2. The van der Waals surface area contributed by atoms with Crippen LogP contribution in [-0.4, -0.2) is 4.98 Å². The number of aromatic amines is 1. The second-order valence-electron chi connectivity index (χ2n) is 7.10. The van der Waals surface area contributed by atoms with Gasteiger partial charge in [0.05, 0.1) is 17.6 Å². The second kappa shape index (κ2) is 6.84. The van der Waals surface area contributed by atoms with Gasteiger partial charge in [0, 0.05) is 22.7 Å². The molecule has 1 aliphatic rings. The Morgan fingerprint density at radius 1 is 0.833 bits per heavy atom. The summed E-state index contributed by atoms with van der Waals surface area (Å²) >= 11 is 0. The molecule has 2 heterocycles. The molecule has 3 N–H and O–H groups in total. The van der Waals surface area contributed by atoms with Gasteiger partial charge in [0.2, 0.25) is 5.88 Å². The summed E-state index contributed by atoms with van der Waals surface area (Å²) in [5, 5.41) is 22.9. The Kier molecular flexibility index (Phi) is 4.02. The van der Waals surface area contributed by atoms with Crippen LogP contribution in [0.4, 0.5) is 0 Å². The van der Waals surface area contributed by atoms with E-state index in [4.69, 9.17) is 10.5 Å². The molecule has 1 aliphatic heterocycles. The Morgan fingerprint density at radius 2 is 1.53 bits per heavy atom. The van der Waals surface area contributed by atoms with Gasteiger partial charge in [0.1, 0.15) is 11.6 Å². The maximum Gasteiger partial charge on any atom is 0.205 e. The lowest BCUT2D eigenvalue weighted by atomic mass is 9.80. The molecule has 3 aromatic carbocycles. The van der Waals surface area contributed by atoms with Crippen molar-refractivity contribution in [3.05, 3.63) is 101 Å². The monoisotopic (exact) mass is 388 g/mol. The number of hydrogen-bond acceptors (Lipinski definition) is 4. The van der Waals surface area contributed by atoms with Crippen LogP contribution in [0, 0.1) is 22.7 Å². The summed E-state index contributed by atoms with van der Waals surface area (Å²) in [7, 11) is 0. The SMILES string of the molecule is N#CC1=C(N)OC(c2c[nH]c3ccccc23)=C(C#N)C1c1cccc2ccccc12. The highest BCUT2D eigenvalue weighted by molar-refractivity contribution is 5.94. The number of H-pyrrole nitrogens is 1. The predicted molar refractivity (Wildman–Crippen MR) is 115 cm³/mol. The third-order valence-electron chi connectivity index (χ3n) is 5.51. The molecule has 0 fully saturated rings. The number of fused-ring (bicyclic) bond motifs is 2. The maximum absolute atomic E-state index is 10.2. The average molecular weight is 388 g/mol. The summed E-state index contributed by atoms with van der Waals surface area (Å²) < 4.78 is 5.88. The van der Waals surface area contributed by atoms with Crippen LogP contribution in [0.25, 0.3) is 27.4 Å². The van der Waals surface area contributed by atoms with Gasteiger partial charge in [-0.25, -0.2) is 0 Å². The van der Waals surface area contributed by atoms with Crippen molar-refractivity contribution >= 4 is 27.4 Å². The second-order valence-corrected chi connectivity index (χ2v) is 7.10. The van der Waals surface area contributed by atoms with Crippen LogP contribution in [0.1, 0.15) is 17.0 Å². The third-order valence-corrected chi connectivity index (χ3v) is 5.51. The molecule has 142 valence electrons. The Balaban J connectivity index is 1.82. The van der Waals surface area contributed by atoms with Crippen molar-refractivity contribution in [3.8, 4) is 12.1 Å². The molecule has 0 saturated carbocycles. The van der Waals surface area contributed by atoms with E-state index in [0.29, 0.717) is 11.3 Å². The quantitative estimate of drug-likeness (QED) is 0.501. The number of aromatic nitrogens is 1. The van der Waals surface area contributed by atoms with E-state index in [0.717, 1.165) is 32.8 Å². The molecule has 5 heteroatoms. The van der Waals surface area contributed by atoms with Gasteiger partial charge in [-0.1, -0.05) is 60.7 Å². The number of hydrogen-bond donors (Lipinski definition) is 2. The molecule has 4 aromatic rings. The molecule has 1 unspecified atom stereocenters. The van der Waals surface area contributed by atoms with Gasteiger partial charge in [-0.15, -0.1) is 0 Å². The molecule has 0 bridgehead atoms. The molecule has 0 amide bonds. The van der Waals surface area contributed by atoms with Gasteiger partial charge in [0.15, 0.2) is 5.76 Å². The number of nitrogens with zero attached hydrogens (tertiary/aromatic N) is 2. The number of nitrogens with one attached hydrogen (secondary N) is 1. The Morgan fingerprint density at radius 3 is 2.33 bits per heavy atom. The highest BCUT2D eigenvalue weighted by Gasteiger charge is 2.35. The molecule has 0 spiro atoms. The highest BCUT2D eigenvalue weighted by Crippen LogP contribution is 2.44. The van der Waals surface area contributed by atoms with E-state index in [1.54, 1.807) is 0 Å². The maximum atomic E-state index is 10.2. The van der Waals surface area contributed by atoms with Crippen LogP contribution in [0.15, 0.2) is 90.0 Å². The van der Waals surface area contributed by atoms with Crippen LogP contribution in [0.3, 0.4) is 0 Å². The molecule has 5 rings (SSSR count). The number of nitriles is 2. The number of nitrogens with two attached hydrogens (primary N) is 1. The molecule has 30 heavy (non-hydrogen) atoms.